The lowest BCUT2D eigenvalue weighted by molar-refractivity contribution is -0.125. The first kappa shape index (κ1) is 21.0. The minimum atomic E-state index is -0.300. The van der Waals surface area contributed by atoms with E-state index in [1.807, 2.05) is 32.3 Å². The van der Waals surface area contributed by atoms with Crippen LogP contribution in [0.5, 0.6) is 0 Å². The molecule has 0 spiro atoms. The molecule has 0 aliphatic carbocycles. The number of rotatable bonds is 7. The van der Waals surface area contributed by atoms with Crippen molar-refractivity contribution in [2.24, 2.45) is 0 Å². The van der Waals surface area contributed by atoms with Crippen LogP contribution in [0.1, 0.15) is 25.1 Å². The van der Waals surface area contributed by atoms with Gasteiger partial charge in [0.15, 0.2) is 0 Å². The summed E-state index contributed by atoms with van der Waals surface area (Å²) in [6.45, 7) is 2.82. The Morgan fingerprint density at radius 1 is 1.43 bits per heavy atom. The number of aromatic nitrogens is 2. The maximum Gasteiger partial charge on any atom is 0.294 e. The van der Waals surface area contributed by atoms with Crippen molar-refractivity contribution in [3.63, 3.8) is 0 Å². The van der Waals surface area contributed by atoms with Gasteiger partial charge in [0.25, 0.3) is 5.56 Å². The molecule has 1 amide bonds. The molecular weight excluding hydrogens is 450 g/mol. The topological polar surface area (TPSA) is 94.5 Å². The molecule has 160 valence electrons. The average Bonchev–Trinajstić information content (AvgIpc) is 3.30. The molecule has 30 heavy (non-hydrogen) atoms. The van der Waals surface area contributed by atoms with Crippen LogP contribution in [0.15, 0.2) is 31.9 Å². The summed E-state index contributed by atoms with van der Waals surface area (Å²) in [5, 5.41) is 3.84. The van der Waals surface area contributed by atoms with Crippen LogP contribution in [-0.2, 0) is 11.3 Å². The van der Waals surface area contributed by atoms with Crippen LogP contribution in [0.4, 0.5) is 0 Å². The summed E-state index contributed by atoms with van der Waals surface area (Å²) < 4.78 is 6.58. The van der Waals surface area contributed by atoms with E-state index in [2.05, 4.69) is 41.0 Å². The van der Waals surface area contributed by atoms with E-state index in [1.54, 1.807) is 0 Å². The number of likely N-dealkylation sites (tertiary alicyclic amines) is 1. The third-order valence-corrected chi connectivity index (χ3v) is 5.93. The number of furan rings is 1. The van der Waals surface area contributed by atoms with Gasteiger partial charge in [-0.25, -0.2) is 4.98 Å². The highest BCUT2D eigenvalue weighted by molar-refractivity contribution is 9.10. The number of hydrogen-bond donors (Lipinski definition) is 2. The largest absolute Gasteiger partial charge is 0.449 e. The zero-order valence-corrected chi connectivity index (χ0v) is 18.8. The number of halogens is 1. The highest BCUT2D eigenvalue weighted by atomic mass is 79.9. The number of nitrogens with one attached hydrogen (secondary N) is 2. The van der Waals surface area contributed by atoms with Crippen molar-refractivity contribution < 1.29 is 9.21 Å². The lowest BCUT2D eigenvalue weighted by atomic mass is 10.2. The highest BCUT2D eigenvalue weighted by Crippen LogP contribution is 2.28. The zero-order chi connectivity index (χ0) is 21.3. The van der Waals surface area contributed by atoms with Crippen molar-refractivity contribution in [1.29, 1.82) is 0 Å². The Kier molecular flexibility index (Phi) is 6.21. The Balaban J connectivity index is 1.51. The van der Waals surface area contributed by atoms with Crippen LogP contribution in [0.25, 0.3) is 22.1 Å². The van der Waals surface area contributed by atoms with Gasteiger partial charge in [-0.05, 0) is 64.6 Å². The fourth-order valence-corrected chi connectivity index (χ4v) is 4.34. The number of nitrogens with zero attached hydrogens (tertiary/aromatic N) is 3. The van der Waals surface area contributed by atoms with Gasteiger partial charge in [0.1, 0.15) is 16.9 Å². The number of carbonyl (C=O) groups excluding carboxylic acids is 1. The van der Waals surface area contributed by atoms with Crippen LogP contribution in [0, 0.1) is 0 Å². The monoisotopic (exact) mass is 475 g/mol. The number of amides is 1. The molecule has 1 unspecified atom stereocenters. The lowest BCUT2D eigenvalue weighted by Crippen LogP contribution is -2.43. The van der Waals surface area contributed by atoms with Gasteiger partial charge < -0.3 is 19.6 Å². The standard InChI is InChI=1S/C21H26BrN5O3/c1-26(2)9-4-8-23-20(28)15-5-3-10-27(15)12-17-24-18-14-11-13(22)6-7-16(14)30-19(18)21(29)25-17/h6-7,11,15H,3-5,8-10,12H2,1-2H3,(H,23,28)(H,24,25,29). The van der Waals surface area contributed by atoms with E-state index in [4.69, 9.17) is 4.42 Å². The van der Waals surface area contributed by atoms with Gasteiger partial charge in [-0.1, -0.05) is 15.9 Å². The minimum Gasteiger partial charge on any atom is -0.449 e. The van der Waals surface area contributed by atoms with Crippen molar-refractivity contribution >= 4 is 43.9 Å². The molecule has 2 N–H and O–H groups in total. The van der Waals surface area contributed by atoms with E-state index < -0.39 is 0 Å². The van der Waals surface area contributed by atoms with Gasteiger partial charge in [0.2, 0.25) is 11.5 Å². The van der Waals surface area contributed by atoms with Gasteiger partial charge in [0.05, 0.1) is 12.6 Å². The number of H-pyrrole nitrogens is 1. The molecule has 1 atom stereocenters. The Labute approximate surface area is 182 Å². The summed E-state index contributed by atoms with van der Waals surface area (Å²) >= 11 is 3.46. The fraction of sp³-hybridized carbons (Fsp3) is 0.476. The maximum atomic E-state index is 12.7. The number of carbonyl (C=O) groups is 1. The van der Waals surface area contributed by atoms with E-state index in [0.717, 1.165) is 42.2 Å². The first-order chi connectivity index (χ1) is 14.4. The fourth-order valence-electron chi connectivity index (χ4n) is 3.98. The number of aromatic amines is 1. The second-order valence-electron chi connectivity index (χ2n) is 8.01. The molecule has 4 rings (SSSR count). The molecule has 1 aromatic carbocycles. The molecule has 0 saturated carbocycles. The van der Waals surface area contributed by atoms with Crippen LogP contribution in [0.3, 0.4) is 0 Å². The molecule has 2 aromatic heterocycles. The third kappa shape index (κ3) is 4.43. The highest BCUT2D eigenvalue weighted by Gasteiger charge is 2.31. The van der Waals surface area contributed by atoms with Gasteiger partial charge in [-0.15, -0.1) is 0 Å². The average molecular weight is 476 g/mol. The van der Waals surface area contributed by atoms with Gasteiger partial charge in [-0.2, -0.15) is 0 Å². The first-order valence-corrected chi connectivity index (χ1v) is 11.0. The minimum absolute atomic E-state index is 0.0485. The summed E-state index contributed by atoms with van der Waals surface area (Å²) in [4.78, 5) is 36.9. The van der Waals surface area contributed by atoms with Crippen LogP contribution < -0.4 is 10.9 Å². The second-order valence-corrected chi connectivity index (χ2v) is 8.92. The van der Waals surface area contributed by atoms with Crippen LogP contribution >= 0.6 is 15.9 Å². The second kappa shape index (κ2) is 8.87. The first-order valence-electron chi connectivity index (χ1n) is 10.2. The van der Waals surface area contributed by atoms with Crippen molar-refractivity contribution in [3.05, 3.63) is 38.9 Å². The van der Waals surface area contributed by atoms with E-state index in [1.165, 1.54) is 0 Å². The molecule has 3 aromatic rings. The Morgan fingerprint density at radius 2 is 2.27 bits per heavy atom. The predicted molar refractivity (Wildman–Crippen MR) is 119 cm³/mol. The van der Waals surface area contributed by atoms with E-state index >= 15 is 0 Å². The Hall–Kier alpha value is -2.23. The molecule has 8 nitrogen and oxygen atoms in total. The molecule has 1 aliphatic heterocycles. The summed E-state index contributed by atoms with van der Waals surface area (Å²) in [6.07, 6.45) is 2.68. The van der Waals surface area contributed by atoms with Crippen LogP contribution in [0.2, 0.25) is 0 Å². The van der Waals surface area contributed by atoms with Crippen LogP contribution in [-0.4, -0.2) is 65.4 Å². The molecule has 1 fully saturated rings. The van der Waals surface area contributed by atoms with E-state index in [-0.39, 0.29) is 23.1 Å². The number of benzene rings is 1. The van der Waals surface area contributed by atoms with Crippen molar-refractivity contribution in [2.75, 3.05) is 33.7 Å². The Bertz CT molecular complexity index is 1120. The molecule has 0 radical (unpaired) electrons. The maximum absolute atomic E-state index is 12.7. The van der Waals surface area contributed by atoms with Crippen molar-refractivity contribution in [2.45, 2.75) is 31.8 Å². The van der Waals surface area contributed by atoms with Gasteiger partial charge >= 0.3 is 0 Å². The third-order valence-electron chi connectivity index (χ3n) is 5.44. The van der Waals surface area contributed by atoms with E-state index in [0.29, 0.717) is 30.0 Å². The molecule has 1 saturated heterocycles. The summed E-state index contributed by atoms with van der Waals surface area (Å²) in [7, 11) is 4.04. The van der Waals surface area contributed by atoms with Gasteiger partial charge in [0, 0.05) is 16.4 Å². The van der Waals surface area contributed by atoms with E-state index in [9.17, 15) is 9.59 Å². The van der Waals surface area contributed by atoms with Gasteiger partial charge in [-0.3, -0.25) is 14.5 Å². The zero-order valence-electron chi connectivity index (χ0n) is 17.2. The molecule has 3 heterocycles. The van der Waals surface area contributed by atoms with Crippen molar-refractivity contribution in [1.82, 2.24) is 25.1 Å². The smallest absolute Gasteiger partial charge is 0.294 e. The molecule has 1 aliphatic rings. The SMILES string of the molecule is CN(C)CCCNC(=O)C1CCCN1Cc1nc2c(oc3ccc(Br)cc32)c(=O)[nH]1. The molecule has 0 bridgehead atoms. The number of hydrogen-bond acceptors (Lipinski definition) is 6. The molecule has 9 heteroatoms. The normalized spacial score (nSPS) is 17.4. The number of fused-ring (bicyclic) bond motifs is 3. The lowest BCUT2D eigenvalue weighted by Gasteiger charge is -2.23. The van der Waals surface area contributed by atoms with Crippen molar-refractivity contribution in [3.8, 4) is 0 Å². The molecular formula is C21H26BrN5O3. The summed E-state index contributed by atoms with van der Waals surface area (Å²) in [5.74, 6) is 0.592. The predicted octanol–water partition coefficient (Wildman–Crippen LogP) is 2.46. The Morgan fingerprint density at radius 3 is 3.07 bits per heavy atom. The summed E-state index contributed by atoms with van der Waals surface area (Å²) in [5.41, 5.74) is 1.10. The quantitative estimate of drug-likeness (QED) is 0.509. The summed E-state index contributed by atoms with van der Waals surface area (Å²) in [6, 6.07) is 5.39.